The summed E-state index contributed by atoms with van der Waals surface area (Å²) in [4.78, 5) is 28.7. The molecule has 1 heterocycles. The molecule has 0 aliphatic heterocycles. The maximum absolute atomic E-state index is 13.6. The molecular formula is C31H46N3O7P. The van der Waals surface area contributed by atoms with Gasteiger partial charge in [0.1, 0.15) is 24.6 Å². The van der Waals surface area contributed by atoms with Gasteiger partial charge >= 0.3 is 11.9 Å². The summed E-state index contributed by atoms with van der Waals surface area (Å²) in [6.45, 7) is 9.12. The number of aromatic nitrogens is 1. The van der Waals surface area contributed by atoms with E-state index in [2.05, 4.69) is 10.2 Å². The van der Waals surface area contributed by atoms with Crippen LogP contribution in [0.5, 0.6) is 11.5 Å². The molecule has 0 atom stereocenters. The molecule has 1 aromatic carbocycles. The highest BCUT2D eigenvalue weighted by Gasteiger charge is 2.26. The third-order valence-corrected chi connectivity index (χ3v) is 9.57. The van der Waals surface area contributed by atoms with E-state index in [0.717, 1.165) is 46.5 Å². The zero-order valence-electron chi connectivity index (χ0n) is 25.6. The summed E-state index contributed by atoms with van der Waals surface area (Å²) >= 11 is 0. The zero-order chi connectivity index (χ0) is 30.7. The third-order valence-electron chi connectivity index (χ3n) is 7.74. The molecule has 0 radical (unpaired) electrons. The van der Waals surface area contributed by atoms with Crippen LogP contribution in [0.15, 0.2) is 18.2 Å². The predicted octanol–water partition coefficient (Wildman–Crippen LogP) is 5.58. The SMILES string of the molecule is CCOC(=O)CNP(=O)(COc1cc(C)c(Cc2ccc(O)c(C3CCCCCC3)n2)c(C)c1C)NCC(=O)OCC. The van der Waals surface area contributed by atoms with E-state index in [0.29, 0.717) is 12.2 Å². The Bertz CT molecular complexity index is 1250. The fraction of sp³-hybridized carbons (Fsp3) is 0.581. The Balaban J connectivity index is 1.77. The first-order chi connectivity index (χ1) is 20.1. The van der Waals surface area contributed by atoms with Gasteiger partial charge in [0, 0.05) is 18.0 Å². The van der Waals surface area contributed by atoms with E-state index in [1.54, 1.807) is 19.9 Å². The van der Waals surface area contributed by atoms with Gasteiger partial charge in [0.25, 0.3) is 0 Å². The lowest BCUT2D eigenvalue weighted by atomic mass is 9.92. The summed E-state index contributed by atoms with van der Waals surface area (Å²) in [7, 11) is -3.54. The minimum Gasteiger partial charge on any atom is -0.506 e. The van der Waals surface area contributed by atoms with Gasteiger partial charge < -0.3 is 19.3 Å². The first kappa shape index (κ1) is 33.6. The number of rotatable bonds is 14. The lowest BCUT2D eigenvalue weighted by molar-refractivity contribution is -0.142. The minimum absolute atomic E-state index is 0.198. The smallest absolute Gasteiger partial charge is 0.320 e. The number of esters is 2. The van der Waals surface area contributed by atoms with Crippen molar-refractivity contribution in [1.82, 2.24) is 15.2 Å². The molecule has 232 valence electrons. The zero-order valence-corrected chi connectivity index (χ0v) is 26.5. The molecule has 2 aromatic rings. The van der Waals surface area contributed by atoms with Crippen LogP contribution in [0.2, 0.25) is 0 Å². The molecular weight excluding hydrogens is 557 g/mol. The molecule has 1 saturated carbocycles. The van der Waals surface area contributed by atoms with Gasteiger partial charge in [0.05, 0.1) is 18.9 Å². The number of nitrogens with zero attached hydrogens (tertiary/aromatic N) is 1. The number of carbonyl (C=O) groups excluding carboxylic acids is 2. The molecule has 0 amide bonds. The highest BCUT2D eigenvalue weighted by atomic mass is 31.2. The van der Waals surface area contributed by atoms with Gasteiger partial charge in [-0.2, -0.15) is 0 Å². The topological polar surface area (TPSA) is 136 Å². The Hall–Kier alpha value is -2.94. The van der Waals surface area contributed by atoms with Crippen LogP contribution in [-0.2, 0) is 30.0 Å². The molecule has 3 N–H and O–H groups in total. The van der Waals surface area contributed by atoms with Crippen LogP contribution in [0.4, 0.5) is 0 Å². The van der Waals surface area contributed by atoms with Gasteiger partial charge in [-0.15, -0.1) is 0 Å². The van der Waals surface area contributed by atoms with Crippen molar-refractivity contribution in [2.75, 3.05) is 32.7 Å². The van der Waals surface area contributed by atoms with Crippen LogP contribution in [0.1, 0.15) is 91.9 Å². The Morgan fingerprint density at radius 1 is 0.952 bits per heavy atom. The number of hydrogen-bond donors (Lipinski definition) is 3. The first-order valence-corrected chi connectivity index (χ1v) is 16.8. The number of pyridine rings is 1. The van der Waals surface area contributed by atoms with E-state index >= 15 is 0 Å². The molecule has 0 bridgehead atoms. The van der Waals surface area contributed by atoms with Gasteiger partial charge in [-0.05, 0) is 87.9 Å². The number of nitrogens with one attached hydrogen (secondary N) is 2. The number of ether oxygens (including phenoxy) is 3. The lowest BCUT2D eigenvalue weighted by Gasteiger charge is -2.23. The second kappa shape index (κ2) is 16.1. The van der Waals surface area contributed by atoms with Crippen LogP contribution in [-0.4, -0.2) is 54.7 Å². The van der Waals surface area contributed by atoms with Gasteiger partial charge in [-0.1, -0.05) is 25.7 Å². The van der Waals surface area contributed by atoms with Crippen LogP contribution >= 0.6 is 7.44 Å². The average molecular weight is 604 g/mol. The Kier molecular flexibility index (Phi) is 12.8. The molecule has 1 aliphatic carbocycles. The van der Waals surface area contributed by atoms with E-state index in [-0.39, 0.29) is 44.3 Å². The maximum Gasteiger partial charge on any atom is 0.320 e. The van der Waals surface area contributed by atoms with E-state index in [1.165, 1.54) is 25.7 Å². The van der Waals surface area contributed by atoms with Crippen molar-refractivity contribution in [3.05, 3.63) is 51.8 Å². The summed E-state index contributed by atoms with van der Waals surface area (Å²) < 4.78 is 29.5. The van der Waals surface area contributed by atoms with Crippen molar-refractivity contribution in [3.8, 4) is 11.5 Å². The van der Waals surface area contributed by atoms with Gasteiger partial charge in [0.15, 0.2) is 6.35 Å². The fourth-order valence-corrected chi connectivity index (χ4v) is 6.66. The molecule has 11 heteroatoms. The summed E-state index contributed by atoms with van der Waals surface area (Å²) in [5.74, 6) is -0.00203. The monoisotopic (exact) mass is 603 g/mol. The summed E-state index contributed by atoms with van der Waals surface area (Å²) in [5, 5.41) is 16.0. The van der Waals surface area contributed by atoms with Gasteiger partial charge in [0.2, 0.25) is 7.44 Å². The Morgan fingerprint density at radius 3 is 2.12 bits per heavy atom. The number of aromatic hydroxyl groups is 1. The van der Waals surface area contributed by atoms with E-state index < -0.39 is 19.4 Å². The Labute approximate surface area is 249 Å². The Morgan fingerprint density at radius 2 is 1.55 bits per heavy atom. The van der Waals surface area contributed by atoms with Crippen LogP contribution in [0.3, 0.4) is 0 Å². The van der Waals surface area contributed by atoms with Crippen molar-refractivity contribution in [3.63, 3.8) is 0 Å². The summed E-state index contributed by atoms with van der Waals surface area (Å²) in [6.07, 6.45) is 7.23. The van der Waals surface area contributed by atoms with Gasteiger partial charge in [-0.25, -0.2) is 10.2 Å². The van der Waals surface area contributed by atoms with Gasteiger partial charge in [-0.3, -0.25) is 19.1 Å². The van der Waals surface area contributed by atoms with Crippen LogP contribution in [0, 0.1) is 20.8 Å². The standard InChI is InChI=1S/C31H46N3O7P/c1-6-39-29(36)18-32-42(38,33-19-30(37)40-7-2)20-41-28-16-21(3)26(22(4)23(28)5)17-25-14-15-27(35)31(34-25)24-12-10-8-9-11-13-24/h14-16,24,35H,6-13,17-20H2,1-5H3,(H2,32,33,38). The van der Waals surface area contributed by atoms with Crippen molar-refractivity contribution >= 4 is 19.4 Å². The van der Waals surface area contributed by atoms with Crippen molar-refractivity contribution in [2.45, 2.75) is 85.5 Å². The van der Waals surface area contributed by atoms with E-state index in [1.807, 2.05) is 32.9 Å². The molecule has 1 fully saturated rings. The van der Waals surface area contributed by atoms with E-state index in [9.17, 15) is 19.3 Å². The average Bonchev–Trinajstić information content (AvgIpc) is 3.25. The fourth-order valence-electron chi connectivity index (χ4n) is 5.28. The largest absolute Gasteiger partial charge is 0.506 e. The molecule has 0 unspecified atom stereocenters. The van der Waals surface area contributed by atoms with Crippen LogP contribution < -0.4 is 14.9 Å². The maximum atomic E-state index is 13.6. The molecule has 42 heavy (non-hydrogen) atoms. The molecule has 0 spiro atoms. The molecule has 1 aliphatic rings. The van der Waals surface area contributed by atoms with Crippen LogP contribution in [0.25, 0.3) is 0 Å². The second-order valence-electron chi connectivity index (χ2n) is 10.8. The van der Waals surface area contributed by atoms with Crippen molar-refractivity contribution in [2.24, 2.45) is 0 Å². The first-order valence-electron chi connectivity index (χ1n) is 14.9. The van der Waals surface area contributed by atoms with Crippen molar-refractivity contribution < 1.29 is 33.5 Å². The number of benzene rings is 1. The van der Waals surface area contributed by atoms with Crippen molar-refractivity contribution in [1.29, 1.82) is 0 Å². The molecule has 3 rings (SSSR count). The lowest BCUT2D eigenvalue weighted by Crippen LogP contribution is -2.34. The number of carbonyl (C=O) groups is 2. The van der Waals surface area contributed by atoms with E-state index in [4.69, 9.17) is 19.2 Å². The third kappa shape index (κ3) is 9.54. The highest BCUT2D eigenvalue weighted by molar-refractivity contribution is 7.59. The minimum atomic E-state index is -3.54. The molecule has 1 aromatic heterocycles. The molecule has 0 saturated heterocycles. The number of hydrogen-bond acceptors (Lipinski definition) is 8. The number of aryl methyl sites for hydroxylation is 1. The normalized spacial score (nSPS) is 14.3. The summed E-state index contributed by atoms with van der Waals surface area (Å²) in [6, 6.07) is 5.56. The molecule has 10 nitrogen and oxygen atoms in total. The quantitative estimate of drug-likeness (QED) is 0.143. The second-order valence-corrected chi connectivity index (χ2v) is 13.2. The predicted molar refractivity (Wildman–Crippen MR) is 162 cm³/mol. The highest BCUT2D eigenvalue weighted by Crippen LogP contribution is 2.39. The summed E-state index contributed by atoms with van der Waals surface area (Å²) in [5.41, 5.74) is 5.75.